The van der Waals surface area contributed by atoms with Gasteiger partial charge >= 0.3 is 0 Å². The smallest absolute Gasteiger partial charge is 0.0647 e. The minimum Gasteiger partial charge on any atom is -0.393 e. The third-order valence-electron chi connectivity index (χ3n) is 2.89. The molecule has 0 radical (unpaired) electrons. The normalized spacial score (nSPS) is 59.7. The first-order valence-corrected chi connectivity index (χ1v) is 3.74. The summed E-state index contributed by atoms with van der Waals surface area (Å²) in [6, 6.07) is 0. The lowest BCUT2D eigenvalue weighted by Crippen LogP contribution is -2.24. The van der Waals surface area contributed by atoms with Crippen molar-refractivity contribution < 1.29 is 15.3 Å². The van der Waals surface area contributed by atoms with Crippen LogP contribution in [0.25, 0.3) is 0 Å². The standard InChI is InChI=1S/C7H12O3/c8-5-1-3-6(9)2-4(5)7(3)10/h3-10H,1-2H2/t3-,4-,5-,6+,7?/m1/s1. The second-order valence-corrected chi connectivity index (χ2v) is 3.42. The first-order valence-electron chi connectivity index (χ1n) is 3.74. The maximum absolute atomic E-state index is 9.35. The Morgan fingerprint density at radius 1 is 0.800 bits per heavy atom. The Labute approximate surface area is 59.3 Å². The molecule has 0 aliphatic heterocycles. The van der Waals surface area contributed by atoms with E-state index in [0.29, 0.717) is 12.8 Å². The van der Waals surface area contributed by atoms with Gasteiger partial charge in [-0.3, -0.25) is 0 Å². The van der Waals surface area contributed by atoms with Crippen LogP contribution in [0.5, 0.6) is 0 Å². The molecule has 0 amide bonds. The van der Waals surface area contributed by atoms with Gasteiger partial charge in [0.15, 0.2) is 0 Å². The van der Waals surface area contributed by atoms with Crippen LogP contribution in [0.3, 0.4) is 0 Å². The average molecular weight is 144 g/mol. The van der Waals surface area contributed by atoms with Gasteiger partial charge in [-0.05, 0) is 12.8 Å². The van der Waals surface area contributed by atoms with E-state index in [9.17, 15) is 15.3 Å². The summed E-state index contributed by atoms with van der Waals surface area (Å²) in [7, 11) is 0. The fourth-order valence-corrected chi connectivity index (χ4v) is 2.27. The second-order valence-electron chi connectivity index (χ2n) is 3.42. The van der Waals surface area contributed by atoms with E-state index in [1.807, 2.05) is 0 Å². The van der Waals surface area contributed by atoms with Crippen molar-refractivity contribution in [1.82, 2.24) is 0 Å². The molecule has 2 rings (SSSR count). The molecule has 5 atom stereocenters. The molecule has 58 valence electrons. The molecule has 2 saturated carbocycles. The Bertz CT molecular complexity index is 132. The molecule has 2 bridgehead atoms. The van der Waals surface area contributed by atoms with Crippen LogP contribution in [0.2, 0.25) is 0 Å². The summed E-state index contributed by atoms with van der Waals surface area (Å²) >= 11 is 0. The SMILES string of the molecule is OC1[C@@H]2C[C@H](O)[C@H]1C[C@H]2O. The number of aliphatic hydroxyl groups excluding tert-OH is 3. The molecule has 2 fully saturated rings. The third-order valence-corrected chi connectivity index (χ3v) is 2.89. The first kappa shape index (κ1) is 6.58. The monoisotopic (exact) mass is 144 g/mol. The average Bonchev–Trinajstić information content (AvgIpc) is 2.26. The summed E-state index contributed by atoms with van der Waals surface area (Å²) < 4.78 is 0. The van der Waals surface area contributed by atoms with Crippen LogP contribution in [-0.4, -0.2) is 33.6 Å². The van der Waals surface area contributed by atoms with Crippen molar-refractivity contribution in [3.8, 4) is 0 Å². The summed E-state index contributed by atoms with van der Waals surface area (Å²) in [5.74, 6) is -0.111. The Hall–Kier alpha value is -0.120. The lowest BCUT2D eigenvalue weighted by molar-refractivity contribution is 0.0447. The quantitative estimate of drug-likeness (QED) is 0.413. The van der Waals surface area contributed by atoms with Crippen molar-refractivity contribution in [2.45, 2.75) is 31.2 Å². The van der Waals surface area contributed by atoms with E-state index in [0.717, 1.165) is 0 Å². The second kappa shape index (κ2) is 1.94. The highest BCUT2D eigenvalue weighted by molar-refractivity contribution is 5.01. The molecule has 2 aliphatic rings. The van der Waals surface area contributed by atoms with Crippen LogP contribution in [-0.2, 0) is 0 Å². The van der Waals surface area contributed by atoms with Gasteiger partial charge in [0.05, 0.1) is 18.3 Å². The fourth-order valence-electron chi connectivity index (χ4n) is 2.27. The Balaban J connectivity index is 2.17. The summed E-state index contributed by atoms with van der Waals surface area (Å²) in [5.41, 5.74) is 0. The van der Waals surface area contributed by atoms with Gasteiger partial charge < -0.3 is 15.3 Å². The Morgan fingerprint density at radius 3 is 1.40 bits per heavy atom. The van der Waals surface area contributed by atoms with Gasteiger partial charge in [0.25, 0.3) is 0 Å². The predicted octanol–water partition coefficient (Wildman–Crippen LogP) is -0.891. The zero-order valence-corrected chi connectivity index (χ0v) is 5.64. The zero-order chi connectivity index (χ0) is 7.30. The van der Waals surface area contributed by atoms with E-state index >= 15 is 0 Å². The van der Waals surface area contributed by atoms with Crippen LogP contribution in [0.4, 0.5) is 0 Å². The molecule has 3 heteroatoms. The lowest BCUT2D eigenvalue weighted by atomic mass is 9.95. The van der Waals surface area contributed by atoms with Crippen molar-refractivity contribution in [2.24, 2.45) is 11.8 Å². The number of hydrogen-bond donors (Lipinski definition) is 3. The highest BCUT2D eigenvalue weighted by Crippen LogP contribution is 2.44. The summed E-state index contributed by atoms with van der Waals surface area (Å²) in [5, 5.41) is 27.8. The van der Waals surface area contributed by atoms with E-state index < -0.39 is 6.10 Å². The van der Waals surface area contributed by atoms with Gasteiger partial charge in [0.2, 0.25) is 0 Å². The number of fused-ring (bicyclic) bond motifs is 2. The van der Waals surface area contributed by atoms with Crippen LogP contribution < -0.4 is 0 Å². The molecular weight excluding hydrogens is 132 g/mol. The first-order chi connectivity index (χ1) is 4.70. The van der Waals surface area contributed by atoms with E-state index in [2.05, 4.69) is 0 Å². The topological polar surface area (TPSA) is 60.7 Å². The molecule has 0 aromatic carbocycles. The predicted molar refractivity (Wildman–Crippen MR) is 34.2 cm³/mol. The molecule has 0 heterocycles. The minimum absolute atomic E-state index is 0.0556. The van der Waals surface area contributed by atoms with Crippen molar-refractivity contribution in [1.29, 1.82) is 0 Å². The molecule has 0 saturated heterocycles. The number of hydrogen-bond acceptors (Lipinski definition) is 3. The van der Waals surface area contributed by atoms with Gasteiger partial charge in [-0.2, -0.15) is 0 Å². The molecule has 0 aromatic heterocycles. The van der Waals surface area contributed by atoms with Gasteiger partial charge in [0.1, 0.15) is 0 Å². The van der Waals surface area contributed by atoms with E-state index in [4.69, 9.17) is 0 Å². The molecule has 2 aliphatic carbocycles. The van der Waals surface area contributed by atoms with E-state index in [1.165, 1.54) is 0 Å². The molecule has 0 spiro atoms. The van der Waals surface area contributed by atoms with Crippen LogP contribution in [0.1, 0.15) is 12.8 Å². The number of aliphatic hydroxyl groups is 3. The minimum atomic E-state index is -0.454. The third kappa shape index (κ3) is 0.654. The zero-order valence-electron chi connectivity index (χ0n) is 5.64. The van der Waals surface area contributed by atoms with Crippen molar-refractivity contribution in [3.63, 3.8) is 0 Å². The molecule has 3 nitrogen and oxygen atoms in total. The van der Waals surface area contributed by atoms with E-state index in [1.54, 1.807) is 0 Å². The van der Waals surface area contributed by atoms with Gasteiger partial charge in [0, 0.05) is 11.8 Å². The van der Waals surface area contributed by atoms with Crippen LogP contribution in [0.15, 0.2) is 0 Å². The Kier molecular flexibility index (Phi) is 1.27. The molecular formula is C7H12O3. The van der Waals surface area contributed by atoms with Crippen molar-refractivity contribution in [2.75, 3.05) is 0 Å². The molecule has 10 heavy (non-hydrogen) atoms. The molecule has 0 aromatic rings. The lowest BCUT2D eigenvalue weighted by Gasteiger charge is -2.19. The number of rotatable bonds is 0. The van der Waals surface area contributed by atoms with Crippen molar-refractivity contribution >= 4 is 0 Å². The summed E-state index contributed by atoms with van der Waals surface area (Å²) in [6.07, 6.45) is -0.0446. The maximum Gasteiger partial charge on any atom is 0.0647 e. The highest BCUT2D eigenvalue weighted by atomic mass is 16.3. The summed E-state index contributed by atoms with van der Waals surface area (Å²) in [4.78, 5) is 0. The maximum atomic E-state index is 9.35. The van der Waals surface area contributed by atoms with Gasteiger partial charge in [-0.1, -0.05) is 0 Å². The molecule has 1 unspecified atom stereocenters. The highest BCUT2D eigenvalue weighted by Gasteiger charge is 2.51. The van der Waals surface area contributed by atoms with Gasteiger partial charge in [-0.15, -0.1) is 0 Å². The van der Waals surface area contributed by atoms with Crippen molar-refractivity contribution in [3.05, 3.63) is 0 Å². The van der Waals surface area contributed by atoms with Gasteiger partial charge in [-0.25, -0.2) is 0 Å². The fraction of sp³-hybridized carbons (Fsp3) is 1.00. The summed E-state index contributed by atoms with van der Waals surface area (Å²) in [6.45, 7) is 0. The molecule has 3 N–H and O–H groups in total. The van der Waals surface area contributed by atoms with Crippen LogP contribution >= 0.6 is 0 Å². The van der Waals surface area contributed by atoms with Crippen LogP contribution in [0, 0.1) is 11.8 Å². The largest absolute Gasteiger partial charge is 0.393 e. The Morgan fingerprint density at radius 2 is 1.20 bits per heavy atom. The van der Waals surface area contributed by atoms with E-state index in [-0.39, 0.29) is 24.0 Å².